The summed E-state index contributed by atoms with van der Waals surface area (Å²) in [7, 11) is 0. The van der Waals surface area contributed by atoms with Crippen LogP contribution in [0.5, 0.6) is 0 Å². The molecule has 1 amide bonds. The summed E-state index contributed by atoms with van der Waals surface area (Å²) in [4.78, 5) is 18.4. The molecule has 0 bridgehead atoms. The molecule has 0 spiro atoms. The van der Waals surface area contributed by atoms with Crippen molar-refractivity contribution in [2.45, 2.75) is 38.1 Å². The fourth-order valence-electron chi connectivity index (χ4n) is 4.43. The Kier molecular flexibility index (Phi) is 6.87. The summed E-state index contributed by atoms with van der Waals surface area (Å²) in [6.07, 6.45) is 1.79. The van der Waals surface area contributed by atoms with E-state index in [4.69, 9.17) is 5.73 Å². The van der Waals surface area contributed by atoms with Gasteiger partial charge in [0.2, 0.25) is 5.91 Å². The lowest BCUT2D eigenvalue weighted by Gasteiger charge is -2.39. The second-order valence-electron chi connectivity index (χ2n) is 7.71. The van der Waals surface area contributed by atoms with Gasteiger partial charge in [0.05, 0.1) is 0 Å². The van der Waals surface area contributed by atoms with E-state index in [2.05, 4.69) is 43.0 Å². The molecule has 1 saturated heterocycles. The van der Waals surface area contributed by atoms with E-state index in [-0.39, 0.29) is 11.9 Å². The van der Waals surface area contributed by atoms with Crippen LogP contribution in [0.25, 0.3) is 0 Å². The van der Waals surface area contributed by atoms with Crippen molar-refractivity contribution in [1.82, 2.24) is 9.80 Å². The van der Waals surface area contributed by atoms with Gasteiger partial charge in [-0.3, -0.25) is 4.79 Å². The minimum Gasteiger partial charge on any atom is -0.342 e. The van der Waals surface area contributed by atoms with Gasteiger partial charge in [-0.2, -0.15) is 0 Å². The van der Waals surface area contributed by atoms with E-state index >= 15 is 0 Å². The number of likely N-dealkylation sites (N-methyl/N-ethyl adjacent to an activating group) is 1. The first-order chi connectivity index (χ1) is 13.6. The van der Waals surface area contributed by atoms with E-state index in [0.717, 1.165) is 43.6 Å². The molecule has 1 heterocycles. The molecule has 0 radical (unpaired) electrons. The van der Waals surface area contributed by atoms with Crippen LogP contribution in [0.1, 0.15) is 37.8 Å². The van der Waals surface area contributed by atoms with E-state index in [1.165, 1.54) is 0 Å². The number of rotatable bonds is 8. The Morgan fingerprint density at radius 1 is 1.04 bits per heavy atom. The number of likely N-dealkylation sites (tertiary alicyclic amines) is 1. The molecule has 1 atom stereocenters. The molecular weight excluding hydrogens is 346 g/mol. The summed E-state index contributed by atoms with van der Waals surface area (Å²) >= 11 is 0. The highest BCUT2D eigenvalue weighted by atomic mass is 16.2. The smallest absolute Gasteiger partial charge is 0.237 e. The predicted molar refractivity (Wildman–Crippen MR) is 115 cm³/mol. The number of nitrogens with zero attached hydrogens (tertiary/aromatic N) is 2. The summed E-state index contributed by atoms with van der Waals surface area (Å²) in [6.45, 7) is 8.34. The van der Waals surface area contributed by atoms with Crippen molar-refractivity contribution in [2.75, 3.05) is 32.7 Å². The Hall–Kier alpha value is -2.17. The van der Waals surface area contributed by atoms with Crippen LogP contribution in [-0.2, 0) is 10.2 Å². The van der Waals surface area contributed by atoms with E-state index in [9.17, 15) is 4.79 Å². The Balaban J connectivity index is 2.07. The van der Waals surface area contributed by atoms with Gasteiger partial charge >= 0.3 is 0 Å². The average molecular weight is 380 g/mol. The number of hydrogen-bond acceptors (Lipinski definition) is 3. The lowest BCUT2D eigenvalue weighted by atomic mass is 9.70. The molecule has 0 aromatic heterocycles. The van der Waals surface area contributed by atoms with Gasteiger partial charge in [-0.05, 0) is 50.9 Å². The van der Waals surface area contributed by atoms with Crippen LogP contribution in [0.3, 0.4) is 0 Å². The molecule has 150 valence electrons. The number of nitrogens with two attached hydrogens (primary N) is 1. The first-order valence-electron chi connectivity index (χ1n) is 10.5. The van der Waals surface area contributed by atoms with Gasteiger partial charge in [0.25, 0.3) is 0 Å². The minimum atomic E-state index is -0.679. The van der Waals surface area contributed by atoms with Crippen molar-refractivity contribution in [2.24, 2.45) is 5.73 Å². The van der Waals surface area contributed by atoms with Gasteiger partial charge in [0.15, 0.2) is 0 Å². The zero-order chi connectivity index (χ0) is 20.0. The number of carbonyl (C=O) groups is 1. The quantitative estimate of drug-likeness (QED) is 0.766. The van der Waals surface area contributed by atoms with E-state index in [1.807, 2.05) is 41.3 Å². The molecule has 3 rings (SSSR count). The van der Waals surface area contributed by atoms with Gasteiger partial charge in [-0.1, -0.05) is 60.7 Å². The van der Waals surface area contributed by atoms with Crippen molar-refractivity contribution in [1.29, 1.82) is 0 Å². The highest BCUT2D eigenvalue weighted by Gasteiger charge is 2.44. The average Bonchev–Trinajstić information content (AvgIpc) is 3.16. The molecule has 4 nitrogen and oxygen atoms in total. The van der Waals surface area contributed by atoms with E-state index < -0.39 is 5.41 Å². The molecule has 2 aromatic carbocycles. The topological polar surface area (TPSA) is 49.6 Å². The number of amides is 1. The minimum absolute atomic E-state index is 0.193. The van der Waals surface area contributed by atoms with E-state index in [1.54, 1.807) is 0 Å². The maximum absolute atomic E-state index is 14.0. The third-order valence-electron chi connectivity index (χ3n) is 6.06. The monoisotopic (exact) mass is 379 g/mol. The molecule has 0 aliphatic carbocycles. The number of benzene rings is 2. The van der Waals surface area contributed by atoms with Crippen molar-refractivity contribution >= 4 is 5.91 Å². The SMILES string of the molecule is CCN(CC)C(=O)C(CCN1CCC(N)C1)(c1ccccc1)c1ccccc1. The molecule has 1 unspecified atom stereocenters. The van der Waals surface area contributed by atoms with E-state index in [0.29, 0.717) is 13.1 Å². The van der Waals surface area contributed by atoms with Crippen LogP contribution in [0.2, 0.25) is 0 Å². The van der Waals surface area contributed by atoms with Crippen molar-refractivity contribution in [3.8, 4) is 0 Å². The van der Waals surface area contributed by atoms with Gasteiger partial charge in [0.1, 0.15) is 5.41 Å². The molecule has 1 aliphatic rings. The third-order valence-corrected chi connectivity index (χ3v) is 6.06. The Morgan fingerprint density at radius 2 is 1.57 bits per heavy atom. The van der Waals surface area contributed by atoms with Crippen LogP contribution in [-0.4, -0.2) is 54.5 Å². The van der Waals surface area contributed by atoms with Crippen LogP contribution in [0.4, 0.5) is 0 Å². The third kappa shape index (κ3) is 4.13. The fraction of sp³-hybridized carbons (Fsp3) is 0.458. The maximum atomic E-state index is 14.0. The van der Waals surface area contributed by atoms with Crippen LogP contribution in [0, 0.1) is 0 Å². The Labute approximate surface area is 169 Å². The summed E-state index contributed by atoms with van der Waals surface area (Å²) in [6, 6.07) is 20.8. The van der Waals surface area contributed by atoms with Crippen LogP contribution >= 0.6 is 0 Å². The normalized spacial score (nSPS) is 17.6. The first-order valence-corrected chi connectivity index (χ1v) is 10.5. The molecule has 2 N–H and O–H groups in total. The van der Waals surface area contributed by atoms with Crippen LogP contribution in [0.15, 0.2) is 60.7 Å². The summed E-state index contributed by atoms with van der Waals surface area (Å²) < 4.78 is 0. The van der Waals surface area contributed by atoms with Crippen LogP contribution < -0.4 is 5.73 Å². The highest BCUT2D eigenvalue weighted by molar-refractivity contribution is 5.92. The Bertz CT molecular complexity index is 703. The molecule has 0 saturated carbocycles. The number of carbonyl (C=O) groups excluding carboxylic acids is 1. The molecule has 28 heavy (non-hydrogen) atoms. The largest absolute Gasteiger partial charge is 0.342 e. The highest BCUT2D eigenvalue weighted by Crippen LogP contribution is 2.38. The van der Waals surface area contributed by atoms with Crippen molar-refractivity contribution in [3.05, 3.63) is 71.8 Å². The van der Waals surface area contributed by atoms with Gasteiger partial charge < -0.3 is 15.5 Å². The number of hydrogen-bond donors (Lipinski definition) is 1. The fourth-order valence-corrected chi connectivity index (χ4v) is 4.43. The lowest BCUT2D eigenvalue weighted by Crippen LogP contribution is -2.49. The molecule has 2 aromatic rings. The second kappa shape index (κ2) is 9.35. The van der Waals surface area contributed by atoms with Gasteiger partial charge in [-0.25, -0.2) is 0 Å². The standard InChI is InChI=1S/C24H33N3O/c1-3-27(4-2)23(28)24(20-11-7-5-8-12-20,21-13-9-6-10-14-21)16-18-26-17-15-22(25)19-26/h5-14,22H,3-4,15-19,25H2,1-2H3. The van der Waals surface area contributed by atoms with Crippen molar-refractivity contribution < 1.29 is 4.79 Å². The second-order valence-corrected chi connectivity index (χ2v) is 7.71. The van der Waals surface area contributed by atoms with Gasteiger partial charge in [-0.15, -0.1) is 0 Å². The first kappa shape index (κ1) is 20.6. The van der Waals surface area contributed by atoms with Gasteiger partial charge in [0, 0.05) is 25.7 Å². The zero-order valence-electron chi connectivity index (χ0n) is 17.2. The molecular formula is C24H33N3O. The zero-order valence-corrected chi connectivity index (χ0v) is 17.2. The summed E-state index contributed by atoms with van der Waals surface area (Å²) in [5, 5.41) is 0. The lowest BCUT2D eigenvalue weighted by molar-refractivity contribution is -0.136. The predicted octanol–water partition coefficient (Wildman–Crippen LogP) is 3.26. The summed E-state index contributed by atoms with van der Waals surface area (Å²) in [5.41, 5.74) is 7.58. The van der Waals surface area contributed by atoms with Crippen molar-refractivity contribution in [3.63, 3.8) is 0 Å². The maximum Gasteiger partial charge on any atom is 0.237 e. The molecule has 4 heteroatoms. The summed E-state index contributed by atoms with van der Waals surface area (Å²) in [5.74, 6) is 0.193. The Morgan fingerprint density at radius 3 is 2.00 bits per heavy atom. The molecule has 1 aliphatic heterocycles. The molecule has 1 fully saturated rings.